The van der Waals surface area contributed by atoms with Crippen LogP contribution in [-0.4, -0.2) is 16.9 Å². The van der Waals surface area contributed by atoms with Crippen LogP contribution >= 0.6 is 23.2 Å². The molecule has 0 saturated carbocycles. The Morgan fingerprint density at radius 3 is 3.00 bits per heavy atom. The molecule has 1 N–H and O–H groups in total. The van der Waals surface area contributed by atoms with Gasteiger partial charge in [0.2, 0.25) is 0 Å². The second kappa shape index (κ2) is 6.49. The summed E-state index contributed by atoms with van der Waals surface area (Å²) in [6, 6.07) is 3.90. The normalized spacial score (nSPS) is 17.4. The van der Waals surface area contributed by atoms with Crippen LogP contribution in [0, 0.1) is 0 Å². The van der Waals surface area contributed by atoms with Crippen molar-refractivity contribution >= 4 is 23.2 Å². The minimum absolute atomic E-state index is 0.305. The van der Waals surface area contributed by atoms with Gasteiger partial charge in [-0.3, -0.25) is 4.68 Å². The average molecular weight is 340 g/mol. The molecule has 1 aromatic carbocycles. The number of aromatic nitrogens is 2. The van der Waals surface area contributed by atoms with Crippen molar-refractivity contribution in [3.05, 3.63) is 45.2 Å². The van der Waals surface area contributed by atoms with Crippen LogP contribution in [0.3, 0.4) is 0 Å². The molecule has 6 heteroatoms. The van der Waals surface area contributed by atoms with E-state index < -0.39 is 0 Å². The summed E-state index contributed by atoms with van der Waals surface area (Å²) < 4.78 is 7.37. The van der Waals surface area contributed by atoms with Crippen molar-refractivity contribution in [1.29, 1.82) is 0 Å². The molecule has 0 amide bonds. The molecule has 4 nitrogen and oxygen atoms in total. The van der Waals surface area contributed by atoms with Gasteiger partial charge in [0, 0.05) is 41.5 Å². The van der Waals surface area contributed by atoms with E-state index in [1.807, 2.05) is 24.0 Å². The van der Waals surface area contributed by atoms with Crippen LogP contribution < -0.4 is 10.1 Å². The fourth-order valence-electron chi connectivity index (χ4n) is 3.12. The number of halogens is 2. The van der Waals surface area contributed by atoms with Crippen molar-refractivity contribution in [1.82, 2.24) is 15.1 Å². The predicted molar refractivity (Wildman–Crippen MR) is 88.7 cm³/mol. The maximum Gasteiger partial charge on any atom is 0.142 e. The Balaban J connectivity index is 1.79. The Hall–Kier alpha value is -1.23. The summed E-state index contributed by atoms with van der Waals surface area (Å²) in [7, 11) is 3.62. The van der Waals surface area contributed by atoms with Gasteiger partial charge in [0.25, 0.3) is 0 Å². The third kappa shape index (κ3) is 2.96. The van der Waals surface area contributed by atoms with Gasteiger partial charge in [0.1, 0.15) is 5.75 Å². The summed E-state index contributed by atoms with van der Waals surface area (Å²) in [5.74, 6) is 0.681. The third-order valence-electron chi connectivity index (χ3n) is 4.20. The molecular weight excluding hydrogens is 321 g/mol. The van der Waals surface area contributed by atoms with Crippen LogP contribution in [0.5, 0.6) is 5.75 Å². The highest BCUT2D eigenvalue weighted by atomic mass is 35.5. The molecule has 0 spiro atoms. The van der Waals surface area contributed by atoms with E-state index in [1.165, 1.54) is 11.3 Å². The molecule has 0 unspecified atom stereocenters. The number of methoxy groups -OCH3 is 1. The van der Waals surface area contributed by atoms with E-state index in [9.17, 15) is 0 Å². The molecule has 118 valence electrons. The largest absolute Gasteiger partial charge is 0.495 e. The molecule has 1 aliphatic rings. The van der Waals surface area contributed by atoms with Gasteiger partial charge in [-0.05, 0) is 31.4 Å². The first kappa shape index (κ1) is 15.7. The Bertz CT molecular complexity index is 684. The van der Waals surface area contributed by atoms with Gasteiger partial charge in [-0.25, -0.2) is 0 Å². The average Bonchev–Trinajstić information content (AvgIpc) is 2.87. The second-order valence-electron chi connectivity index (χ2n) is 5.58. The fraction of sp³-hybridized carbons (Fsp3) is 0.438. The molecule has 2 aromatic rings. The number of aryl methyl sites for hydroxylation is 1. The van der Waals surface area contributed by atoms with Gasteiger partial charge in [-0.15, -0.1) is 0 Å². The molecule has 3 rings (SSSR count). The molecule has 22 heavy (non-hydrogen) atoms. The zero-order valence-corrected chi connectivity index (χ0v) is 14.2. The van der Waals surface area contributed by atoms with Crippen molar-refractivity contribution in [2.75, 3.05) is 7.11 Å². The van der Waals surface area contributed by atoms with Crippen molar-refractivity contribution in [3.8, 4) is 5.75 Å². The van der Waals surface area contributed by atoms with Crippen LogP contribution in [0.4, 0.5) is 0 Å². The third-order valence-corrected chi connectivity index (χ3v) is 4.70. The second-order valence-corrected chi connectivity index (χ2v) is 6.42. The predicted octanol–water partition coefficient (Wildman–Crippen LogP) is 3.90. The Labute approximate surface area is 140 Å². The summed E-state index contributed by atoms with van der Waals surface area (Å²) in [5, 5.41) is 9.12. The smallest absolute Gasteiger partial charge is 0.142 e. The Morgan fingerprint density at radius 2 is 2.23 bits per heavy atom. The number of nitrogens with one attached hydrogen (secondary N) is 1. The zero-order valence-electron chi connectivity index (χ0n) is 12.7. The Morgan fingerprint density at radius 1 is 1.41 bits per heavy atom. The highest BCUT2D eigenvalue weighted by molar-refractivity contribution is 6.35. The number of fused-ring (bicyclic) bond motifs is 1. The Kier molecular flexibility index (Phi) is 4.62. The van der Waals surface area contributed by atoms with Crippen molar-refractivity contribution in [2.45, 2.75) is 31.8 Å². The summed E-state index contributed by atoms with van der Waals surface area (Å²) in [6.07, 6.45) is 5.33. The number of rotatable bonds is 4. The van der Waals surface area contributed by atoms with Crippen LogP contribution in [0.25, 0.3) is 0 Å². The van der Waals surface area contributed by atoms with E-state index in [1.54, 1.807) is 13.2 Å². The first-order valence-electron chi connectivity index (χ1n) is 7.36. The van der Waals surface area contributed by atoms with E-state index in [0.29, 0.717) is 28.4 Å². The first-order valence-corrected chi connectivity index (χ1v) is 8.11. The minimum Gasteiger partial charge on any atom is -0.495 e. The first-order chi connectivity index (χ1) is 10.6. The van der Waals surface area contributed by atoms with Crippen LogP contribution in [0.2, 0.25) is 10.0 Å². The molecule has 0 bridgehead atoms. The van der Waals surface area contributed by atoms with Crippen LogP contribution in [0.1, 0.15) is 35.7 Å². The monoisotopic (exact) mass is 339 g/mol. The topological polar surface area (TPSA) is 39.1 Å². The fourth-order valence-corrected chi connectivity index (χ4v) is 3.74. The quantitative estimate of drug-likeness (QED) is 0.917. The number of hydrogen-bond acceptors (Lipinski definition) is 3. The van der Waals surface area contributed by atoms with E-state index in [0.717, 1.165) is 24.8 Å². The molecule has 1 atom stereocenters. The molecule has 0 fully saturated rings. The van der Waals surface area contributed by atoms with Gasteiger partial charge in [-0.2, -0.15) is 5.10 Å². The standard InChI is InChI=1S/C16H19Cl2N3O/c1-21-15-5-3-4-14(12(15)9-20-21)19-8-10-6-11(17)7-13(18)16(10)22-2/h6-7,9,14,19H,3-5,8H2,1-2H3/t14-/m0/s1. The summed E-state index contributed by atoms with van der Waals surface area (Å²) in [5.41, 5.74) is 3.58. The molecule has 1 aromatic heterocycles. The SMILES string of the molecule is COc1c(Cl)cc(Cl)cc1CN[C@H]1CCCc2c1cnn2C. The van der Waals surface area contributed by atoms with E-state index >= 15 is 0 Å². The van der Waals surface area contributed by atoms with Crippen LogP contribution in [0.15, 0.2) is 18.3 Å². The van der Waals surface area contributed by atoms with Gasteiger partial charge >= 0.3 is 0 Å². The molecule has 0 radical (unpaired) electrons. The maximum absolute atomic E-state index is 6.19. The molecule has 1 heterocycles. The lowest BCUT2D eigenvalue weighted by Crippen LogP contribution is -2.25. The van der Waals surface area contributed by atoms with Crippen molar-refractivity contribution in [2.24, 2.45) is 7.05 Å². The van der Waals surface area contributed by atoms with Crippen molar-refractivity contribution in [3.63, 3.8) is 0 Å². The van der Waals surface area contributed by atoms with Gasteiger partial charge in [0.05, 0.1) is 18.3 Å². The lowest BCUT2D eigenvalue weighted by Gasteiger charge is -2.24. The highest BCUT2D eigenvalue weighted by Gasteiger charge is 2.23. The minimum atomic E-state index is 0.305. The summed E-state index contributed by atoms with van der Waals surface area (Å²) >= 11 is 12.3. The van der Waals surface area contributed by atoms with Crippen molar-refractivity contribution < 1.29 is 4.74 Å². The van der Waals surface area contributed by atoms with E-state index in [4.69, 9.17) is 27.9 Å². The highest BCUT2D eigenvalue weighted by Crippen LogP contribution is 2.34. The van der Waals surface area contributed by atoms with E-state index in [2.05, 4.69) is 10.4 Å². The number of benzene rings is 1. The summed E-state index contributed by atoms with van der Waals surface area (Å²) in [4.78, 5) is 0. The van der Waals surface area contributed by atoms with Gasteiger partial charge < -0.3 is 10.1 Å². The van der Waals surface area contributed by atoms with Gasteiger partial charge in [-0.1, -0.05) is 23.2 Å². The molecule has 0 saturated heterocycles. The van der Waals surface area contributed by atoms with Crippen LogP contribution in [-0.2, 0) is 20.0 Å². The summed E-state index contributed by atoms with van der Waals surface area (Å²) in [6.45, 7) is 0.655. The lowest BCUT2D eigenvalue weighted by molar-refractivity contribution is 0.401. The lowest BCUT2D eigenvalue weighted by atomic mass is 9.93. The molecular formula is C16H19Cl2N3O. The number of hydrogen-bond donors (Lipinski definition) is 1. The molecule has 0 aliphatic heterocycles. The zero-order chi connectivity index (χ0) is 15.7. The molecule has 1 aliphatic carbocycles. The number of nitrogens with zero attached hydrogens (tertiary/aromatic N) is 2. The maximum atomic E-state index is 6.19. The number of ether oxygens (including phenoxy) is 1. The van der Waals surface area contributed by atoms with E-state index in [-0.39, 0.29) is 0 Å². The van der Waals surface area contributed by atoms with Gasteiger partial charge in [0.15, 0.2) is 0 Å².